The lowest BCUT2D eigenvalue weighted by Crippen LogP contribution is -2.23. The summed E-state index contributed by atoms with van der Waals surface area (Å²) in [5.41, 5.74) is 5.52. The highest BCUT2D eigenvalue weighted by Gasteiger charge is 2.29. The summed E-state index contributed by atoms with van der Waals surface area (Å²) in [6, 6.07) is 17.6. The van der Waals surface area contributed by atoms with E-state index in [9.17, 15) is 13.2 Å². The first kappa shape index (κ1) is 23.7. The monoisotopic (exact) mass is 463 g/mol. The number of hydrogen-bond acceptors (Lipinski definition) is 4. The van der Waals surface area contributed by atoms with E-state index in [4.69, 9.17) is 5.73 Å². The maximum absolute atomic E-state index is 13.5. The van der Waals surface area contributed by atoms with Gasteiger partial charge in [-0.25, -0.2) is 8.42 Å². The number of carbonyl (C=O) groups excluding carboxylic acids is 1. The average Bonchev–Trinajstić information content (AvgIpc) is 2.83. The molecular weight excluding hydrogens is 430 g/mol. The SMILES string of the molecule is NCCCCCCCCCCC(C=O)S(=O)(=O)c1ccc2ccc3cccc4ccc1c2c34. The highest BCUT2D eigenvalue weighted by Crippen LogP contribution is 2.38. The van der Waals surface area contributed by atoms with Gasteiger partial charge in [-0.2, -0.15) is 0 Å². The van der Waals surface area contributed by atoms with Gasteiger partial charge in [0, 0.05) is 5.39 Å². The molecule has 0 radical (unpaired) electrons. The summed E-state index contributed by atoms with van der Waals surface area (Å²) >= 11 is 0. The Hall–Kier alpha value is -2.50. The predicted molar refractivity (Wildman–Crippen MR) is 138 cm³/mol. The third kappa shape index (κ3) is 4.90. The van der Waals surface area contributed by atoms with Gasteiger partial charge in [-0.1, -0.05) is 93.5 Å². The van der Waals surface area contributed by atoms with Crippen LogP contribution in [0.15, 0.2) is 59.5 Å². The summed E-state index contributed by atoms with van der Waals surface area (Å²) < 4.78 is 27.1. The molecule has 33 heavy (non-hydrogen) atoms. The molecule has 4 aromatic carbocycles. The Balaban J connectivity index is 1.51. The lowest BCUT2D eigenvalue weighted by molar-refractivity contribution is -0.107. The molecule has 0 aliphatic rings. The van der Waals surface area contributed by atoms with Crippen LogP contribution >= 0.6 is 0 Å². The predicted octanol–water partition coefficient (Wildman–Crippen LogP) is 6.39. The van der Waals surface area contributed by atoms with Gasteiger partial charge in [-0.15, -0.1) is 0 Å². The van der Waals surface area contributed by atoms with Gasteiger partial charge in [-0.3, -0.25) is 0 Å². The van der Waals surface area contributed by atoms with E-state index in [2.05, 4.69) is 18.2 Å². The average molecular weight is 464 g/mol. The molecule has 0 aromatic heterocycles. The van der Waals surface area contributed by atoms with Crippen molar-refractivity contribution < 1.29 is 13.2 Å². The Morgan fingerprint density at radius 1 is 0.697 bits per heavy atom. The van der Waals surface area contributed by atoms with Crippen LogP contribution in [0.3, 0.4) is 0 Å². The van der Waals surface area contributed by atoms with Gasteiger partial charge >= 0.3 is 0 Å². The van der Waals surface area contributed by atoms with Crippen molar-refractivity contribution in [3.8, 4) is 0 Å². The van der Waals surface area contributed by atoms with Crippen molar-refractivity contribution in [1.29, 1.82) is 0 Å². The summed E-state index contributed by atoms with van der Waals surface area (Å²) in [7, 11) is -3.76. The quantitative estimate of drug-likeness (QED) is 0.141. The van der Waals surface area contributed by atoms with Crippen LogP contribution < -0.4 is 5.73 Å². The van der Waals surface area contributed by atoms with E-state index in [0.717, 1.165) is 65.6 Å². The van der Waals surface area contributed by atoms with Gasteiger partial charge in [0.1, 0.15) is 11.5 Å². The summed E-state index contributed by atoms with van der Waals surface area (Å²) in [4.78, 5) is 12.1. The third-order valence-corrected chi connectivity index (χ3v) is 8.90. The standard InChI is InChI=1S/C28H33NO3S/c29-19-8-6-4-2-1-3-5-7-12-24(20-30)33(31,32)26-18-16-23-14-13-21-10-9-11-22-15-17-25(26)28(23)27(21)22/h9-11,13-18,20,24H,1-8,12,19,29H2. The molecule has 0 saturated carbocycles. The van der Waals surface area contributed by atoms with Crippen molar-refractivity contribution in [3.05, 3.63) is 54.6 Å². The lowest BCUT2D eigenvalue weighted by Gasteiger charge is -2.17. The number of aldehydes is 1. The fourth-order valence-corrected chi connectivity index (χ4v) is 6.65. The zero-order chi connectivity index (χ0) is 23.3. The van der Waals surface area contributed by atoms with E-state index in [1.54, 1.807) is 6.07 Å². The maximum atomic E-state index is 13.5. The van der Waals surface area contributed by atoms with Crippen molar-refractivity contribution in [2.45, 2.75) is 67.9 Å². The van der Waals surface area contributed by atoms with Gasteiger partial charge in [-0.05, 0) is 52.4 Å². The molecule has 0 spiro atoms. The molecule has 174 valence electrons. The number of benzene rings is 4. The number of unbranched alkanes of at least 4 members (excludes halogenated alkanes) is 7. The van der Waals surface area contributed by atoms with Gasteiger partial charge in [0.25, 0.3) is 0 Å². The van der Waals surface area contributed by atoms with Crippen LogP contribution in [-0.2, 0) is 14.6 Å². The number of hydrogen-bond donors (Lipinski definition) is 1. The van der Waals surface area contributed by atoms with Crippen LogP contribution in [0.2, 0.25) is 0 Å². The Morgan fingerprint density at radius 3 is 1.88 bits per heavy atom. The van der Waals surface area contributed by atoms with Crippen molar-refractivity contribution in [2.24, 2.45) is 5.73 Å². The molecule has 0 saturated heterocycles. The van der Waals surface area contributed by atoms with Crippen LogP contribution in [0, 0.1) is 0 Å². The highest BCUT2D eigenvalue weighted by atomic mass is 32.2. The van der Waals surface area contributed by atoms with Crippen molar-refractivity contribution in [2.75, 3.05) is 6.54 Å². The van der Waals surface area contributed by atoms with Gasteiger partial charge < -0.3 is 10.5 Å². The van der Waals surface area contributed by atoms with E-state index in [-0.39, 0.29) is 4.90 Å². The van der Waals surface area contributed by atoms with E-state index in [0.29, 0.717) is 18.1 Å². The minimum atomic E-state index is -3.76. The molecule has 0 aliphatic carbocycles. The minimum Gasteiger partial charge on any atom is -0.330 e. The number of sulfone groups is 1. The number of nitrogens with two attached hydrogens (primary N) is 1. The van der Waals surface area contributed by atoms with Crippen LogP contribution in [0.4, 0.5) is 0 Å². The molecule has 0 heterocycles. The molecule has 0 fully saturated rings. The summed E-state index contributed by atoms with van der Waals surface area (Å²) in [5.74, 6) is 0. The highest BCUT2D eigenvalue weighted by molar-refractivity contribution is 7.93. The fraction of sp³-hybridized carbons (Fsp3) is 0.393. The Morgan fingerprint density at radius 2 is 1.24 bits per heavy atom. The first-order chi connectivity index (χ1) is 16.1. The molecule has 5 heteroatoms. The van der Waals surface area contributed by atoms with E-state index in [1.807, 2.05) is 30.3 Å². The Bertz CT molecular complexity index is 1310. The molecular formula is C28H33NO3S. The van der Waals surface area contributed by atoms with Gasteiger partial charge in [0.15, 0.2) is 9.84 Å². The van der Waals surface area contributed by atoms with Crippen molar-refractivity contribution >= 4 is 48.4 Å². The van der Waals surface area contributed by atoms with Crippen LogP contribution in [0.25, 0.3) is 32.3 Å². The molecule has 1 unspecified atom stereocenters. The maximum Gasteiger partial charge on any atom is 0.188 e. The minimum absolute atomic E-state index is 0.269. The molecule has 0 bridgehead atoms. The van der Waals surface area contributed by atoms with Crippen molar-refractivity contribution in [1.82, 2.24) is 0 Å². The second-order valence-corrected chi connectivity index (χ2v) is 11.2. The molecule has 1 atom stereocenters. The first-order valence-electron chi connectivity index (χ1n) is 12.1. The Labute approximate surface area is 196 Å². The molecule has 2 N–H and O–H groups in total. The Kier molecular flexibility index (Phi) is 7.61. The summed E-state index contributed by atoms with van der Waals surface area (Å²) in [5, 5.41) is 4.96. The van der Waals surface area contributed by atoms with Crippen LogP contribution in [0.5, 0.6) is 0 Å². The van der Waals surface area contributed by atoms with E-state index in [1.165, 1.54) is 19.3 Å². The lowest BCUT2D eigenvalue weighted by atomic mass is 9.94. The third-order valence-electron chi connectivity index (χ3n) is 6.79. The van der Waals surface area contributed by atoms with E-state index < -0.39 is 15.1 Å². The first-order valence-corrected chi connectivity index (χ1v) is 13.7. The fourth-order valence-electron chi connectivity index (χ4n) is 4.97. The topological polar surface area (TPSA) is 77.2 Å². The molecule has 0 amide bonds. The molecule has 4 rings (SSSR count). The number of carbonyl (C=O) groups is 1. The number of rotatable bonds is 13. The van der Waals surface area contributed by atoms with Crippen LogP contribution in [-0.4, -0.2) is 26.5 Å². The molecule has 4 aromatic rings. The zero-order valence-corrected chi connectivity index (χ0v) is 19.9. The van der Waals surface area contributed by atoms with Gasteiger partial charge in [0.2, 0.25) is 0 Å². The van der Waals surface area contributed by atoms with E-state index >= 15 is 0 Å². The zero-order valence-electron chi connectivity index (χ0n) is 19.1. The normalized spacial score (nSPS) is 13.2. The summed E-state index contributed by atoms with van der Waals surface area (Å²) in [6.07, 6.45) is 9.59. The summed E-state index contributed by atoms with van der Waals surface area (Å²) in [6.45, 7) is 0.758. The smallest absolute Gasteiger partial charge is 0.188 e. The van der Waals surface area contributed by atoms with Crippen molar-refractivity contribution in [3.63, 3.8) is 0 Å². The molecule has 0 aliphatic heterocycles. The van der Waals surface area contributed by atoms with Gasteiger partial charge in [0.05, 0.1) is 4.90 Å². The molecule has 4 nitrogen and oxygen atoms in total. The second-order valence-electron chi connectivity index (χ2n) is 9.05. The van der Waals surface area contributed by atoms with Crippen LogP contribution in [0.1, 0.15) is 57.8 Å². The second kappa shape index (κ2) is 10.6. The largest absolute Gasteiger partial charge is 0.330 e.